The molecule has 0 radical (unpaired) electrons. The summed E-state index contributed by atoms with van der Waals surface area (Å²) in [4.78, 5) is 15.6. The molecule has 2 rings (SSSR count). The number of benzene rings is 1. The number of aliphatic hydroxyl groups is 1. The Labute approximate surface area is 116 Å². The van der Waals surface area contributed by atoms with Gasteiger partial charge in [-0.3, -0.25) is 0 Å². The molecule has 2 aromatic rings. The molecule has 1 aromatic carbocycles. The summed E-state index contributed by atoms with van der Waals surface area (Å²) in [6.07, 6.45) is 0.525. The number of hydrogen-bond acceptors (Lipinski definition) is 5. The Balaban J connectivity index is 2.45. The molecule has 0 unspecified atom stereocenters. The first-order valence-corrected chi connectivity index (χ1v) is 6.22. The van der Waals surface area contributed by atoms with Crippen LogP contribution in [0.4, 0.5) is 5.82 Å². The second-order valence-electron chi connectivity index (χ2n) is 4.25. The lowest BCUT2D eigenvalue weighted by Gasteiger charge is -2.10. The number of aliphatic hydroxyl groups excluding tert-OH is 1. The molecule has 6 nitrogen and oxygen atoms in total. The first-order chi connectivity index (χ1) is 9.65. The van der Waals surface area contributed by atoms with Crippen LogP contribution in [-0.4, -0.2) is 41.4 Å². The van der Waals surface area contributed by atoms with Crippen LogP contribution in [0.15, 0.2) is 24.3 Å². The van der Waals surface area contributed by atoms with E-state index in [-0.39, 0.29) is 12.2 Å². The SMILES string of the molecule is COc1ccc2cc(C(=O)O)c(NCCCO)nc2c1. The molecule has 0 aliphatic carbocycles. The number of aromatic nitrogens is 1. The average Bonchev–Trinajstić information content (AvgIpc) is 2.46. The molecule has 20 heavy (non-hydrogen) atoms. The number of fused-ring (bicyclic) bond motifs is 1. The van der Waals surface area contributed by atoms with Gasteiger partial charge < -0.3 is 20.3 Å². The Bertz CT molecular complexity index is 628. The topological polar surface area (TPSA) is 91.7 Å². The molecule has 1 aromatic heterocycles. The highest BCUT2D eigenvalue weighted by molar-refractivity contribution is 5.98. The van der Waals surface area contributed by atoms with E-state index in [1.54, 1.807) is 31.4 Å². The Hall–Kier alpha value is -2.34. The fourth-order valence-electron chi connectivity index (χ4n) is 1.86. The van der Waals surface area contributed by atoms with E-state index in [0.29, 0.717) is 30.0 Å². The van der Waals surface area contributed by atoms with Crippen LogP contribution in [0.1, 0.15) is 16.8 Å². The first-order valence-electron chi connectivity index (χ1n) is 6.22. The maximum atomic E-state index is 11.3. The van der Waals surface area contributed by atoms with E-state index in [0.717, 1.165) is 5.39 Å². The number of nitrogens with zero attached hydrogens (tertiary/aromatic N) is 1. The fourth-order valence-corrected chi connectivity index (χ4v) is 1.86. The van der Waals surface area contributed by atoms with Crippen molar-refractivity contribution in [1.29, 1.82) is 0 Å². The van der Waals surface area contributed by atoms with Gasteiger partial charge in [0.2, 0.25) is 0 Å². The number of ether oxygens (including phenoxy) is 1. The summed E-state index contributed by atoms with van der Waals surface area (Å²) in [7, 11) is 1.56. The van der Waals surface area contributed by atoms with Crippen LogP contribution in [0.25, 0.3) is 10.9 Å². The fraction of sp³-hybridized carbons (Fsp3) is 0.286. The molecule has 1 heterocycles. The Morgan fingerprint density at radius 1 is 1.40 bits per heavy atom. The van der Waals surface area contributed by atoms with Gasteiger partial charge in [0.05, 0.1) is 12.6 Å². The predicted octanol–water partition coefficient (Wildman–Crippen LogP) is 1.74. The third kappa shape index (κ3) is 2.97. The van der Waals surface area contributed by atoms with Gasteiger partial charge in [-0.1, -0.05) is 0 Å². The number of nitrogens with one attached hydrogen (secondary N) is 1. The van der Waals surface area contributed by atoms with Crippen LogP contribution in [0.5, 0.6) is 5.75 Å². The molecule has 3 N–H and O–H groups in total. The summed E-state index contributed by atoms with van der Waals surface area (Å²) >= 11 is 0. The number of carboxylic acid groups (broad SMARTS) is 1. The normalized spacial score (nSPS) is 10.5. The number of anilines is 1. The number of carboxylic acids is 1. The van der Waals surface area contributed by atoms with Gasteiger partial charge >= 0.3 is 5.97 Å². The zero-order valence-electron chi connectivity index (χ0n) is 11.1. The van der Waals surface area contributed by atoms with E-state index in [4.69, 9.17) is 9.84 Å². The van der Waals surface area contributed by atoms with Gasteiger partial charge in [0, 0.05) is 24.6 Å². The van der Waals surface area contributed by atoms with E-state index in [2.05, 4.69) is 10.3 Å². The lowest BCUT2D eigenvalue weighted by Crippen LogP contribution is -2.10. The van der Waals surface area contributed by atoms with Gasteiger partial charge in [0.1, 0.15) is 17.1 Å². The van der Waals surface area contributed by atoms with Crippen LogP contribution in [0, 0.1) is 0 Å². The van der Waals surface area contributed by atoms with Crippen LogP contribution in [0.2, 0.25) is 0 Å². The maximum absolute atomic E-state index is 11.3. The minimum atomic E-state index is -1.04. The van der Waals surface area contributed by atoms with Gasteiger partial charge in [-0.25, -0.2) is 9.78 Å². The van der Waals surface area contributed by atoms with Crippen molar-refractivity contribution in [2.45, 2.75) is 6.42 Å². The highest BCUT2D eigenvalue weighted by Crippen LogP contribution is 2.24. The molecule has 0 aliphatic heterocycles. The summed E-state index contributed by atoms with van der Waals surface area (Å²) < 4.78 is 5.13. The standard InChI is InChI=1S/C14H16N2O4/c1-20-10-4-3-9-7-11(14(18)19)13(15-5-2-6-17)16-12(9)8-10/h3-4,7-8,17H,2,5-6H2,1H3,(H,15,16)(H,18,19). The molecular formula is C14H16N2O4. The number of methoxy groups -OCH3 is 1. The van der Waals surface area contributed by atoms with Crippen molar-refractivity contribution in [2.24, 2.45) is 0 Å². The van der Waals surface area contributed by atoms with Crippen LogP contribution >= 0.6 is 0 Å². The van der Waals surface area contributed by atoms with E-state index in [1.165, 1.54) is 0 Å². The third-order valence-electron chi connectivity index (χ3n) is 2.88. The van der Waals surface area contributed by atoms with E-state index >= 15 is 0 Å². The number of aromatic carboxylic acids is 1. The van der Waals surface area contributed by atoms with Crippen molar-refractivity contribution in [3.8, 4) is 5.75 Å². The molecule has 106 valence electrons. The zero-order valence-corrected chi connectivity index (χ0v) is 11.1. The smallest absolute Gasteiger partial charge is 0.339 e. The molecule has 0 bridgehead atoms. The molecule has 6 heteroatoms. The first kappa shape index (κ1) is 14.1. The van der Waals surface area contributed by atoms with Crippen molar-refractivity contribution in [2.75, 3.05) is 25.6 Å². The minimum Gasteiger partial charge on any atom is -0.497 e. The number of rotatable bonds is 6. The van der Waals surface area contributed by atoms with Crippen molar-refractivity contribution in [3.05, 3.63) is 29.8 Å². The van der Waals surface area contributed by atoms with Crippen molar-refractivity contribution in [1.82, 2.24) is 4.98 Å². The van der Waals surface area contributed by atoms with E-state index in [9.17, 15) is 9.90 Å². The summed E-state index contributed by atoms with van der Waals surface area (Å²) in [6, 6.07) is 6.85. The minimum absolute atomic E-state index is 0.0385. The molecular weight excluding hydrogens is 260 g/mol. The molecule has 0 aliphatic rings. The lowest BCUT2D eigenvalue weighted by atomic mass is 10.1. The highest BCUT2D eigenvalue weighted by atomic mass is 16.5. The lowest BCUT2D eigenvalue weighted by molar-refractivity contribution is 0.0698. The molecule has 0 atom stereocenters. The monoisotopic (exact) mass is 276 g/mol. The van der Waals surface area contributed by atoms with E-state index < -0.39 is 5.97 Å². The molecule has 0 saturated carbocycles. The largest absolute Gasteiger partial charge is 0.497 e. The third-order valence-corrected chi connectivity index (χ3v) is 2.88. The van der Waals surface area contributed by atoms with Crippen molar-refractivity contribution < 1.29 is 19.7 Å². The molecule has 0 saturated heterocycles. The Morgan fingerprint density at radius 2 is 2.20 bits per heavy atom. The van der Waals surface area contributed by atoms with Crippen LogP contribution in [-0.2, 0) is 0 Å². The molecule has 0 spiro atoms. The Morgan fingerprint density at radius 3 is 2.85 bits per heavy atom. The van der Waals surface area contributed by atoms with Crippen LogP contribution in [0.3, 0.4) is 0 Å². The van der Waals surface area contributed by atoms with Gasteiger partial charge in [-0.15, -0.1) is 0 Å². The van der Waals surface area contributed by atoms with Crippen molar-refractivity contribution in [3.63, 3.8) is 0 Å². The highest BCUT2D eigenvalue weighted by Gasteiger charge is 2.13. The summed E-state index contributed by atoms with van der Waals surface area (Å²) in [5, 5.41) is 21.7. The van der Waals surface area contributed by atoms with Crippen molar-refractivity contribution >= 4 is 22.7 Å². The molecule has 0 amide bonds. The van der Waals surface area contributed by atoms with Crippen LogP contribution < -0.4 is 10.1 Å². The predicted molar refractivity (Wildman–Crippen MR) is 75.4 cm³/mol. The summed E-state index contributed by atoms with van der Waals surface area (Å²) in [5.41, 5.74) is 0.765. The molecule has 0 fully saturated rings. The summed E-state index contributed by atoms with van der Waals surface area (Å²) in [5.74, 6) is -0.0807. The van der Waals surface area contributed by atoms with Gasteiger partial charge in [0.25, 0.3) is 0 Å². The van der Waals surface area contributed by atoms with Gasteiger partial charge in [-0.2, -0.15) is 0 Å². The van der Waals surface area contributed by atoms with E-state index in [1.807, 2.05) is 0 Å². The van der Waals surface area contributed by atoms with Gasteiger partial charge in [-0.05, 0) is 24.6 Å². The number of pyridine rings is 1. The zero-order chi connectivity index (χ0) is 14.5. The second kappa shape index (κ2) is 6.21. The second-order valence-corrected chi connectivity index (χ2v) is 4.25. The average molecular weight is 276 g/mol. The number of hydrogen-bond donors (Lipinski definition) is 3. The quantitative estimate of drug-likeness (QED) is 0.696. The Kier molecular flexibility index (Phi) is 4.37. The summed E-state index contributed by atoms with van der Waals surface area (Å²) in [6.45, 7) is 0.496. The van der Waals surface area contributed by atoms with Gasteiger partial charge in [0.15, 0.2) is 0 Å². The number of carbonyl (C=O) groups is 1. The maximum Gasteiger partial charge on any atom is 0.339 e.